The van der Waals surface area contributed by atoms with Crippen molar-refractivity contribution in [2.45, 2.75) is 6.61 Å². The summed E-state index contributed by atoms with van der Waals surface area (Å²) in [7, 11) is 0. The lowest BCUT2D eigenvalue weighted by atomic mass is 10.2. The number of hydrogen-bond acceptors (Lipinski definition) is 5. The van der Waals surface area contributed by atoms with Gasteiger partial charge in [0.15, 0.2) is 11.5 Å². The van der Waals surface area contributed by atoms with E-state index in [1.165, 1.54) is 0 Å². The fourth-order valence-corrected chi connectivity index (χ4v) is 1.72. The van der Waals surface area contributed by atoms with Crippen molar-refractivity contribution < 1.29 is 14.2 Å². The van der Waals surface area contributed by atoms with Crippen molar-refractivity contribution in [3.05, 3.63) is 42.1 Å². The van der Waals surface area contributed by atoms with Gasteiger partial charge in [0.2, 0.25) is 6.79 Å². The van der Waals surface area contributed by atoms with E-state index in [0.29, 0.717) is 18.2 Å². The van der Waals surface area contributed by atoms with E-state index in [4.69, 9.17) is 19.9 Å². The smallest absolute Gasteiger partial charge is 0.231 e. The molecule has 0 bridgehead atoms. The highest BCUT2D eigenvalue weighted by atomic mass is 16.7. The second kappa shape index (κ2) is 4.44. The van der Waals surface area contributed by atoms with Gasteiger partial charge in [-0.15, -0.1) is 0 Å². The van der Waals surface area contributed by atoms with E-state index >= 15 is 0 Å². The van der Waals surface area contributed by atoms with Crippen molar-refractivity contribution in [2.75, 3.05) is 12.5 Å². The first-order valence-electron chi connectivity index (χ1n) is 5.54. The molecule has 0 amide bonds. The molecule has 5 nitrogen and oxygen atoms in total. The van der Waals surface area contributed by atoms with Crippen LogP contribution in [0, 0.1) is 0 Å². The molecule has 0 aliphatic carbocycles. The van der Waals surface area contributed by atoms with Gasteiger partial charge in [-0.25, -0.2) is 4.98 Å². The van der Waals surface area contributed by atoms with Gasteiger partial charge in [-0.2, -0.15) is 0 Å². The number of ether oxygens (including phenoxy) is 3. The number of anilines is 1. The lowest BCUT2D eigenvalue weighted by molar-refractivity contribution is 0.174. The Morgan fingerprint density at radius 1 is 1.17 bits per heavy atom. The zero-order valence-electron chi connectivity index (χ0n) is 9.63. The quantitative estimate of drug-likeness (QED) is 0.894. The minimum absolute atomic E-state index is 0.278. The predicted octanol–water partition coefficient (Wildman–Crippen LogP) is 1.97. The number of nitrogen functional groups attached to an aromatic ring is 1. The second-order valence-electron chi connectivity index (χ2n) is 3.89. The summed E-state index contributed by atoms with van der Waals surface area (Å²) in [5, 5.41) is 0. The molecular weight excluding hydrogens is 232 g/mol. The van der Waals surface area contributed by atoms with Gasteiger partial charge >= 0.3 is 0 Å². The summed E-state index contributed by atoms with van der Waals surface area (Å²) in [5.74, 6) is 2.66. The molecule has 1 aromatic heterocycles. The van der Waals surface area contributed by atoms with Crippen LogP contribution in [-0.4, -0.2) is 11.8 Å². The largest absolute Gasteiger partial charge is 0.489 e. The van der Waals surface area contributed by atoms with E-state index in [-0.39, 0.29) is 6.79 Å². The van der Waals surface area contributed by atoms with Crippen LogP contribution in [0.5, 0.6) is 17.2 Å². The van der Waals surface area contributed by atoms with Gasteiger partial charge < -0.3 is 19.9 Å². The standard InChI is InChI=1S/C13H12N2O3/c14-13-6-10(3-4-15-13)16-7-9-1-2-11-12(5-9)18-8-17-11/h1-6H,7-8H2,(H2,14,15). The Morgan fingerprint density at radius 3 is 2.94 bits per heavy atom. The Hall–Kier alpha value is -2.43. The summed E-state index contributed by atoms with van der Waals surface area (Å²) < 4.78 is 16.2. The van der Waals surface area contributed by atoms with Crippen molar-refractivity contribution in [2.24, 2.45) is 0 Å². The molecule has 0 saturated carbocycles. The third kappa shape index (κ3) is 2.15. The zero-order valence-corrected chi connectivity index (χ0v) is 9.63. The van der Waals surface area contributed by atoms with Gasteiger partial charge in [0, 0.05) is 12.3 Å². The van der Waals surface area contributed by atoms with Gasteiger partial charge in [-0.3, -0.25) is 0 Å². The van der Waals surface area contributed by atoms with E-state index in [0.717, 1.165) is 17.1 Å². The third-order valence-electron chi connectivity index (χ3n) is 2.60. The van der Waals surface area contributed by atoms with Crippen LogP contribution in [0.2, 0.25) is 0 Å². The van der Waals surface area contributed by atoms with Crippen LogP contribution in [0.3, 0.4) is 0 Å². The van der Waals surface area contributed by atoms with Crippen molar-refractivity contribution in [3.63, 3.8) is 0 Å². The van der Waals surface area contributed by atoms with Crippen LogP contribution >= 0.6 is 0 Å². The Balaban J connectivity index is 1.70. The van der Waals surface area contributed by atoms with Crippen molar-refractivity contribution in [1.82, 2.24) is 4.98 Å². The molecule has 0 atom stereocenters. The number of nitrogens with zero attached hydrogens (tertiary/aromatic N) is 1. The van der Waals surface area contributed by atoms with Crippen molar-refractivity contribution >= 4 is 5.82 Å². The Kier molecular flexibility index (Phi) is 2.64. The molecule has 2 heterocycles. The molecule has 92 valence electrons. The molecule has 2 N–H and O–H groups in total. The first kappa shape index (κ1) is 10.7. The molecule has 1 aliphatic heterocycles. The Bertz CT molecular complexity index is 572. The monoisotopic (exact) mass is 244 g/mol. The minimum atomic E-state index is 0.278. The molecule has 2 aromatic rings. The zero-order chi connectivity index (χ0) is 12.4. The van der Waals surface area contributed by atoms with E-state index in [1.54, 1.807) is 18.3 Å². The molecule has 0 unspecified atom stereocenters. The third-order valence-corrected chi connectivity index (χ3v) is 2.60. The van der Waals surface area contributed by atoms with Crippen molar-refractivity contribution in [3.8, 4) is 17.2 Å². The molecule has 5 heteroatoms. The molecule has 1 aromatic carbocycles. The number of aromatic nitrogens is 1. The average Bonchev–Trinajstić information content (AvgIpc) is 2.84. The van der Waals surface area contributed by atoms with Crippen LogP contribution in [-0.2, 0) is 6.61 Å². The van der Waals surface area contributed by atoms with Gasteiger partial charge in [0.25, 0.3) is 0 Å². The Morgan fingerprint density at radius 2 is 2.06 bits per heavy atom. The minimum Gasteiger partial charge on any atom is -0.489 e. The first-order valence-corrected chi connectivity index (χ1v) is 5.54. The van der Waals surface area contributed by atoms with Crippen LogP contribution in [0.1, 0.15) is 5.56 Å². The fraction of sp³-hybridized carbons (Fsp3) is 0.154. The van der Waals surface area contributed by atoms with E-state index in [2.05, 4.69) is 4.98 Å². The number of rotatable bonds is 3. The summed E-state index contributed by atoms with van der Waals surface area (Å²) in [6.45, 7) is 0.723. The number of nitrogens with two attached hydrogens (primary N) is 1. The topological polar surface area (TPSA) is 66.6 Å². The summed E-state index contributed by atoms with van der Waals surface area (Å²) >= 11 is 0. The molecule has 1 aliphatic rings. The lowest BCUT2D eigenvalue weighted by Crippen LogP contribution is -1.97. The van der Waals surface area contributed by atoms with Gasteiger partial charge in [-0.05, 0) is 23.8 Å². The first-order chi connectivity index (χ1) is 8.81. The molecule has 0 saturated heterocycles. The second-order valence-corrected chi connectivity index (χ2v) is 3.89. The molecular formula is C13H12N2O3. The lowest BCUT2D eigenvalue weighted by Gasteiger charge is -2.07. The molecule has 0 spiro atoms. The SMILES string of the molecule is Nc1cc(OCc2ccc3c(c2)OCO3)ccn1. The Labute approximate surface area is 104 Å². The van der Waals surface area contributed by atoms with E-state index in [9.17, 15) is 0 Å². The van der Waals surface area contributed by atoms with Crippen LogP contribution < -0.4 is 19.9 Å². The highest BCUT2D eigenvalue weighted by molar-refractivity contribution is 5.44. The summed E-state index contributed by atoms with van der Waals surface area (Å²) in [6, 6.07) is 9.18. The highest BCUT2D eigenvalue weighted by Gasteiger charge is 2.13. The maximum absolute atomic E-state index is 5.62. The van der Waals surface area contributed by atoms with E-state index < -0.39 is 0 Å². The summed E-state index contributed by atoms with van der Waals surface area (Å²) in [5.41, 5.74) is 6.58. The molecule has 0 radical (unpaired) electrons. The average molecular weight is 244 g/mol. The maximum Gasteiger partial charge on any atom is 0.231 e. The van der Waals surface area contributed by atoms with Gasteiger partial charge in [-0.1, -0.05) is 6.07 Å². The van der Waals surface area contributed by atoms with Gasteiger partial charge in [0.1, 0.15) is 18.2 Å². The van der Waals surface area contributed by atoms with Gasteiger partial charge in [0.05, 0.1) is 0 Å². The number of fused-ring (bicyclic) bond motifs is 1. The normalized spacial score (nSPS) is 12.4. The number of hydrogen-bond donors (Lipinski definition) is 1. The highest BCUT2D eigenvalue weighted by Crippen LogP contribution is 2.32. The number of benzene rings is 1. The molecule has 3 rings (SSSR count). The summed E-state index contributed by atoms with van der Waals surface area (Å²) in [4.78, 5) is 3.90. The van der Waals surface area contributed by atoms with E-state index in [1.807, 2.05) is 18.2 Å². The van der Waals surface area contributed by atoms with Crippen LogP contribution in [0.4, 0.5) is 5.82 Å². The number of pyridine rings is 1. The molecule has 0 fully saturated rings. The van der Waals surface area contributed by atoms with Crippen LogP contribution in [0.25, 0.3) is 0 Å². The predicted molar refractivity (Wildman–Crippen MR) is 65.5 cm³/mol. The van der Waals surface area contributed by atoms with Crippen LogP contribution in [0.15, 0.2) is 36.5 Å². The van der Waals surface area contributed by atoms with Crippen molar-refractivity contribution in [1.29, 1.82) is 0 Å². The maximum atomic E-state index is 5.62. The molecule has 18 heavy (non-hydrogen) atoms. The fourth-order valence-electron chi connectivity index (χ4n) is 1.72. The summed E-state index contributed by atoms with van der Waals surface area (Å²) in [6.07, 6.45) is 1.62.